The van der Waals surface area contributed by atoms with Gasteiger partial charge in [-0.1, -0.05) is 63.1 Å². The standard InChI is InChI=1S/C32H48N2O5/c1-23(2)25(19-24-13-14-29(38-4)30(20-24)39-18-10-17-37-3)21-27(33)28(35)22-34-31(36)32(15-8-9-16-32)26-11-6-5-7-12-26/h5-7,11-14,20,23,25,27-28,35H,8-10,15-19,21-22,33H2,1-4H3,(H,34,36). The van der Waals surface area contributed by atoms with Gasteiger partial charge in [0.05, 0.1) is 25.2 Å². The second-order valence-corrected chi connectivity index (χ2v) is 11.2. The number of ether oxygens (including phenoxy) is 3. The normalized spacial score (nSPS) is 17.0. The summed E-state index contributed by atoms with van der Waals surface area (Å²) >= 11 is 0. The Bertz CT molecular complexity index is 1010. The predicted octanol–water partition coefficient (Wildman–Crippen LogP) is 4.63. The second-order valence-electron chi connectivity index (χ2n) is 11.2. The Kier molecular flexibility index (Phi) is 12.1. The van der Waals surface area contributed by atoms with Gasteiger partial charge in [-0.05, 0) is 60.8 Å². The smallest absolute Gasteiger partial charge is 0.230 e. The first kappa shape index (κ1) is 30.9. The fraction of sp³-hybridized carbons (Fsp3) is 0.594. The Labute approximate surface area is 234 Å². The fourth-order valence-corrected chi connectivity index (χ4v) is 5.65. The van der Waals surface area contributed by atoms with Crippen LogP contribution in [0.15, 0.2) is 48.5 Å². The molecule has 0 heterocycles. The van der Waals surface area contributed by atoms with Crippen LogP contribution in [0.3, 0.4) is 0 Å². The summed E-state index contributed by atoms with van der Waals surface area (Å²) in [4.78, 5) is 13.4. The van der Waals surface area contributed by atoms with Gasteiger partial charge in [0.15, 0.2) is 11.5 Å². The molecular weight excluding hydrogens is 492 g/mol. The number of rotatable bonds is 16. The van der Waals surface area contributed by atoms with E-state index < -0.39 is 17.6 Å². The molecule has 2 aromatic rings. The Balaban J connectivity index is 1.59. The van der Waals surface area contributed by atoms with E-state index in [4.69, 9.17) is 19.9 Å². The third kappa shape index (κ3) is 8.44. The maximum absolute atomic E-state index is 13.4. The van der Waals surface area contributed by atoms with Crippen LogP contribution >= 0.6 is 0 Å². The lowest BCUT2D eigenvalue weighted by Gasteiger charge is -2.30. The van der Waals surface area contributed by atoms with Crippen LogP contribution in [0.25, 0.3) is 0 Å². The van der Waals surface area contributed by atoms with Crippen LogP contribution in [0.1, 0.15) is 63.5 Å². The number of carbonyl (C=O) groups is 1. The van der Waals surface area contributed by atoms with Crippen molar-refractivity contribution >= 4 is 5.91 Å². The summed E-state index contributed by atoms with van der Waals surface area (Å²) in [6.45, 7) is 5.71. The molecule has 4 N–H and O–H groups in total. The SMILES string of the molecule is COCCCOc1cc(CC(CC(N)C(O)CNC(=O)C2(c3ccccc3)CCCC2)C(C)C)ccc1OC. The van der Waals surface area contributed by atoms with Crippen LogP contribution in [-0.4, -0.2) is 57.1 Å². The minimum atomic E-state index is -0.819. The van der Waals surface area contributed by atoms with E-state index in [9.17, 15) is 9.90 Å². The first-order valence-electron chi connectivity index (χ1n) is 14.4. The van der Waals surface area contributed by atoms with Gasteiger partial charge in [0, 0.05) is 32.7 Å². The average Bonchev–Trinajstić information content (AvgIpc) is 3.45. The number of nitrogens with two attached hydrogens (primary N) is 1. The molecule has 7 nitrogen and oxygen atoms in total. The summed E-state index contributed by atoms with van der Waals surface area (Å²) in [5.41, 5.74) is 8.19. The molecule has 1 aliphatic carbocycles. The van der Waals surface area contributed by atoms with E-state index >= 15 is 0 Å². The minimum Gasteiger partial charge on any atom is -0.493 e. The lowest BCUT2D eigenvalue weighted by molar-refractivity contribution is -0.127. The topological polar surface area (TPSA) is 103 Å². The summed E-state index contributed by atoms with van der Waals surface area (Å²) in [5.74, 6) is 2.04. The third-order valence-corrected chi connectivity index (χ3v) is 8.18. The molecule has 0 aromatic heterocycles. The summed E-state index contributed by atoms with van der Waals surface area (Å²) in [7, 11) is 3.32. The van der Waals surface area contributed by atoms with Gasteiger partial charge >= 0.3 is 0 Å². The molecule has 3 rings (SSSR count). The van der Waals surface area contributed by atoms with Crippen molar-refractivity contribution in [2.24, 2.45) is 17.6 Å². The van der Waals surface area contributed by atoms with Crippen LogP contribution in [0.2, 0.25) is 0 Å². The highest BCUT2D eigenvalue weighted by Crippen LogP contribution is 2.41. The largest absolute Gasteiger partial charge is 0.493 e. The van der Waals surface area contributed by atoms with E-state index in [0.717, 1.165) is 55.4 Å². The molecule has 0 bridgehead atoms. The molecule has 39 heavy (non-hydrogen) atoms. The van der Waals surface area contributed by atoms with Crippen LogP contribution in [0.5, 0.6) is 11.5 Å². The molecule has 1 fully saturated rings. The van der Waals surface area contributed by atoms with E-state index in [2.05, 4.69) is 25.2 Å². The van der Waals surface area contributed by atoms with Gasteiger partial charge in [0.1, 0.15) is 0 Å². The predicted molar refractivity (Wildman–Crippen MR) is 155 cm³/mol. The van der Waals surface area contributed by atoms with Crippen molar-refractivity contribution in [3.63, 3.8) is 0 Å². The van der Waals surface area contributed by atoms with Crippen molar-refractivity contribution < 1.29 is 24.1 Å². The summed E-state index contributed by atoms with van der Waals surface area (Å²) in [6.07, 6.45) is 5.17. The Morgan fingerprint density at radius 2 is 1.77 bits per heavy atom. The van der Waals surface area contributed by atoms with Crippen molar-refractivity contribution in [1.82, 2.24) is 5.32 Å². The number of nitrogens with one attached hydrogen (secondary N) is 1. The average molecular weight is 541 g/mol. The Morgan fingerprint density at radius 3 is 2.41 bits per heavy atom. The Morgan fingerprint density at radius 1 is 1.05 bits per heavy atom. The van der Waals surface area contributed by atoms with E-state index in [0.29, 0.717) is 31.3 Å². The minimum absolute atomic E-state index is 0.00544. The van der Waals surface area contributed by atoms with Crippen LogP contribution < -0.4 is 20.5 Å². The molecule has 216 valence electrons. The quantitative estimate of drug-likeness (QED) is 0.268. The summed E-state index contributed by atoms with van der Waals surface area (Å²) in [6, 6.07) is 15.6. The first-order valence-corrected chi connectivity index (χ1v) is 14.4. The third-order valence-electron chi connectivity index (χ3n) is 8.18. The number of benzene rings is 2. The van der Waals surface area contributed by atoms with Crippen molar-refractivity contribution in [2.45, 2.75) is 76.4 Å². The van der Waals surface area contributed by atoms with Crippen LogP contribution in [0, 0.1) is 11.8 Å². The van der Waals surface area contributed by atoms with Crippen molar-refractivity contribution in [2.75, 3.05) is 34.0 Å². The lowest BCUT2D eigenvalue weighted by Crippen LogP contribution is -2.49. The van der Waals surface area contributed by atoms with E-state index in [1.165, 1.54) is 0 Å². The number of aliphatic hydroxyl groups is 1. The number of amides is 1. The lowest BCUT2D eigenvalue weighted by atomic mass is 9.78. The molecule has 0 radical (unpaired) electrons. The summed E-state index contributed by atoms with van der Waals surface area (Å²) < 4.78 is 16.5. The van der Waals surface area contributed by atoms with Gasteiger partial charge in [0.2, 0.25) is 5.91 Å². The highest BCUT2D eigenvalue weighted by Gasteiger charge is 2.42. The van der Waals surface area contributed by atoms with Crippen LogP contribution in [0.4, 0.5) is 0 Å². The van der Waals surface area contributed by atoms with Gasteiger partial charge in [0.25, 0.3) is 0 Å². The summed E-state index contributed by atoms with van der Waals surface area (Å²) in [5, 5.41) is 14.0. The number of methoxy groups -OCH3 is 2. The molecule has 1 aliphatic rings. The molecule has 1 amide bonds. The van der Waals surface area contributed by atoms with E-state index in [1.54, 1.807) is 14.2 Å². The van der Waals surface area contributed by atoms with Crippen molar-refractivity contribution in [3.05, 3.63) is 59.7 Å². The van der Waals surface area contributed by atoms with Gasteiger partial charge in [-0.15, -0.1) is 0 Å². The van der Waals surface area contributed by atoms with Gasteiger partial charge < -0.3 is 30.4 Å². The zero-order chi connectivity index (χ0) is 28.3. The fourth-order valence-electron chi connectivity index (χ4n) is 5.65. The molecular formula is C32H48N2O5. The number of carbonyl (C=O) groups excluding carboxylic acids is 1. The monoisotopic (exact) mass is 540 g/mol. The number of hydrogen-bond donors (Lipinski definition) is 3. The molecule has 7 heteroatoms. The van der Waals surface area contributed by atoms with E-state index in [-0.39, 0.29) is 18.4 Å². The number of hydrogen-bond acceptors (Lipinski definition) is 6. The second kappa shape index (κ2) is 15.2. The molecule has 2 aromatic carbocycles. The first-order chi connectivity index (χ1) is 18.8. The zero-order valence-electron chi connectivity index (χ0n) is 24.2. The molecule has 3 atom stereocenters. The van der Waals surface area contributed by atoms with Gasteiger partial charge in [-0.3, -0.25) is 4.79 Å². The van der Waals surface area contributed by atoms with Crippen LogP contribution in [-0.2, 0) is 21.4 Å². The van der Waals surface area contributed by atoms with Crippen molar-refractivity contribution in [3.8, 4) is 11.5 Å². The highest BCUT2D eigenvalue weighted by atomic mass is 16.5. The molecule has 1 saturated carbocycles. The molecule has 0 saturated heterocycles. The van der Waals surface area contributed by atoms with E-state index in [1.807, 2.05) is 42.5 Å². The maximum Gasteiger partial charge on any atom is 0.230 e. The van der Waals surface area contributed by atoms with Gasteiger partial charge in [-0.2, -0.15) is 0 Å². The Hall–Kier alpha value is -2.61. The highest BCUT2D eigenvalue weighted by molar-refractivity contribution is 5.88. The van der Waals surface area contributed by atoms with Gasteiger partial charge in [-0.25, -0.2) is 0 Å². The van der Waals surface area contributed by atoms with Crippen molar-refractivity contribution in [1.29, 1.82) is 0 Å². The maximum atomic E-state index is 13.4. The molecule has 0 spiro atoms. The number of aliphatic hydroxyl groups excluding tert-OH is 1. The molecule has 3 unspecified atom stereocenters. The molecule has 0 aliphatic heterocycles. The zero-order valence-corrected chi connectivity index (χ0v) is 24.2.